The molecule has 43 heavy (non-hydrogen) atoms. The summed E-state index contributed by atoms with van der Waals surface area (Å²) in [5.41, 5.74) is -4.32. The van der Waals surface area contributed by atoms with Gasteiger partial charge in [0.25, 0.3) is 0 Å². The van der Waals surface area contributed by atoms with E-state index in [0.29, 0.717) is 29.0 Å². The van der Waals surface area contributed by atoms with Gasteiger partial charge in [-0.2, -0.15) is 26.3 Å². The standard InChI is InChI=1S/C29H28F7N3O3S/c1-15-9-19(30)5-6-20(15)21-13-23(39-7-8-43-25(41)24(39)40)37-14-22(21)38(4)26(42)27(2,3)16-10-17(28(31,32)33)12-18(11-16)29(34,35)36/h5-6,9-14H,7-8H2,1-4H3,43H4. The summed E-state index contributed by atoms with van der Waals surface area (Å²) in [7, 11) is 1.28. The largest absolute Gasteiger partial charge is 0.416 e. The predicted molar refractivity (Wildman–Crippen MR) is 153 cm³/mol. The minimum atomic E-state index is -5.11. The van der Waals surface area contributed by atoms with Gasteiger partial charge in [0.15, 0.2) is 0 Å². The quantitative estimate of drug-likeness (QED) is 0.267. The number of anilines is 2. The Morgan fingerprint density at radius 2 is 1.49 bits per heavy atom. The first kappa shape index (κ1) is 32.0. The topological polar surface area (TPSA) is 70.6 Å². The summed E-state index contributed by atoms with van der Waals surface area (Å²) in [6.45, 7) is 4.25. The van der Waals surface area contributed by atoms with Crippen molar-refractivity contribution in [1.82, 2.24) is 4.98 Å². The highest BCUT2D eigenvalue weighted by Crippen LogP contribution is 2.41. The average Bonchev–Trinajstić information content (AvgIpc) is 2.92. The van der Waals surface area contributed by atoms with Gasteiger partial charge in [0.05, 0.1) is 28.4 Å². The van der Waals surface area contributed by atoms with Crippen LogP contribution in [-0.4, -0.2) is 41.3 Å². The number of benzene rings is 2. The maximum absolute atomic E-state index is 14.0. The molecule has 0 bridgehead atoms. The number of carbonyl (C=O) groups is 3. The zero-order valence-electron chi connectivity index (χ0n) is 23.5. The molecule has 0 N–H and O–H groups in total. The first-order valence-corrected chi connectivity index (χ1v) is 14.7. The predicted octanol–water partition coefficient (Wildman–Crippen LogP) is 5.71. The number of likely N-dealkylation sites (N-methyl/N-ethyl adjacent to an activating group) is 1. The van der Waals surface area contributed by atoms with Crippen molar-refractivity contribution in [3.05, 3.63) is 76.7 Å². The molecular weight excluding hydrogens is 603 g/mol. The molecule has 14 heteroatoms. The minimum Gasteiger partial charge on any atom is -0.313 e. The second-order valence-electron chi connectivity index (χ2n) is 10.8. The van der Waals surface area contributed by atoms with Crippen molar-refractivity contribution in [2.24, 2.45) is 0 Å². The van der Waals surface area contributed by atoms with Gasteiger partial charge in [-0.25, -0.2) is 21.1 Å². The Kier molecular flexibility index (Phi) is 8.39. The number of alkyl halides is 6. The molecule has 1 saturated heterocycles. The van der Waals surface area contributed by atoms with Crippen molar-refractivity contribution in [2.75, 3.05) is 29.1 Å². The van der Waals surface area contributed by atoms with Crippen molar-refractivity contribution in [2.45, 2.75) is 38.5 Å². The van der Waals surface area contributed by atoms with E-state index in [-0.39, 0.29) is 29.7 Å². The van der Waals surface area contributed by atoms with E-state index in [1.54, 1.807) is 6.92 Å². The molecule has 0 aliphatic carbocycles. The third-order valence-electron chi connectivity index (χ3n) is 7.40. The molecule has 1 aromatic heterocycles. The van der Waals surface area contributed by atoms with E-state index in [1.807, 2.05) is 0 Å². The number of aromatic nitrogens is 1. The summed E-state index contributed by atoms with van der Waals surface area (Å²) in [4.78, 5) is 45.1. The molecule has 232 valence electrons. The molecule has 4 rings (SSSR count). The molecule has 2 heterocycles. The van der Waals surface area contributed by atoms with Crippen molar-refractivity contribution in [3.8, 4) is 11.1 Å². The number of rotatable bonds is 5. The smallest absolute Gasteiger partial charge is 0.313 e. The Balaban J connectivity index is 1.85. The van der Waals surface area contributed by atoms with Crippen LogP contribution in [-0.2, 0) is 32.2 Å². The number of carbonyl (C=O) groups excluding carboxylic acids is 3. The van der Waals surface area contributed by atoms with Gasteiger partial charge in [0, 0.05) is 19.2 Å². The van der Waals surface area contributed by atoms with Crippen LogP contribution in [0.1, 0.15) is 36.1 Å². The highest BCUT2D eigenvalue weighted by molar-refractivity contribution is 8.15. The maximum Gasteiger partial charge on any atom is 0.416 e. The normalized spacial score (nSPS) is 14.9. The summed E-state index contributed by atoms with van der Waals surface area (Å²) in [5.74, 6) is -1.50. The molecule has 0 saturated carbocycles. The van der Waals surface area contributed by atoms with Gasteiger partial charge in [0.2, 0.25) is 11.0 Å². The molecule has 1 aliphatic rings. The maximum atomic E-state index is 14.0. The fraction of sp³-hybridized carbons (Fsp3) is 0.310. The van der Waals surface area contributed by atoms with Gasteiger partial charge in [-0.05, 0) is 79.6 Å². The zero-order valence-corrected chi connectivity index (χ0v) is 24.9. The molecule has 0 radical (unpaired) electrons. The summed E-state index contributed by atoms with van der Waals surface area (Å²) in [6, 6.07) is 6.27. The summed E-state index contributed by atoms with van der Waals surface area (Å²) >= 11 is -1.21. The van der Waals surface area contributed by atoms with Crippen LogP contribution >= 0.6 is 11.8 Å². The van der Waals surface area contributed by atoms with Crippen LogP contribution in [0.3, 0.4) is 0 Å². The lowest BCUT2D eigenvalue weighted by molar-refractivity contribution is -0.143. The Bertz CT molecular complexity index is 1590. The SMILES string of the molecule is Cc1cc(F)ccc1-c1cc(N2CC[SH4]C(=O)C2=O)ncc1N(C)C(=O)C(C)(C)c1cc(C(F)(F)F)cc(C(F)(F)F)c1. The van der Waals surface area contributed by atoms with Crippen LogP contribution in [0, 0.1) is 12.7 Å². The number of halogens is 7. The van der Waals surface area contributed by atoms with Crippen molar-refractivity contribution in [3.63, 3.8) is 0 Å². The van der Waals surface area contributed by atoms with Gasteiger partial charge >= 0.3 is 18.3 Å². The summed E-state index contributed by atoms with van der Waals surface area (Å²) in [6.07, 6.45) is -8.99. The lowest BCUT2D eigenvalue weighted by atomic mass is 9.81. The minimum absolute atomic E-state index is 0.0129. The molecule has 1 fully saturated rings. The average molecular weight is 632 g/mol. The third-order valence-corrected chi connectivity index (χ3v) is 8.83. The van der Waals surface area contributed by atoms with Crippen LogP contribution in [0.25, 0.3) is 11.1 Å². The molecular formula is C29H28F7N3O3S. The van der Waals surface area contributed by atoms with Crippen molar-refractivity contribution >= 4 is 40.2 Å². The lowest BCUT2D eigenvalue weighted by Gasteiger charge is -2.32. The van der Waals surface area contributed by atoms with Gasteiger partial charge in [0.1, 0.15) is 11.6 Å². The van der Waals surface area contributed by atoms with E-state index >= 15 is 0 Å². The molecule has 1 aliphatic heterocycles. The van der Waals surface area contributed by atoms with Gasteiger partial charge in [-0.3, -0.25) is 19.3 Å². The van der Waals surface area contributed by atoms with Crippen LogP contribution < -0.4 is 9.80 Å². The fourth-order valence-electron chi connectivity index (χ4n) is 4.94. The highest BCUT2D eigenvalue weighted by Gasteiger charge is 2.41. The van der Waals surface area contributed by atoms with Crippen LogP contribution in [0.2, 0.25) is 0 Å². The second kappa shape index (κ2) is 11.3. The molecule has 0 unspecified atom stereocenters. The molecule has 0 atom stereocenters. The van der Waals surface area contributed by atoms with Crippen molar-refractivity contribution in [1.29, 1.82) is 0 Å². The molecule has 6 nitrogen and oxygen atoms in total. The molecule has 2 amide bonds. The van der Waals surface area contributed by atoms with Crippen molar-refractivity contribution < 1.29 is 45.1 Å². The molecule has 0 spiro atoms. The van der Waals surface area contributed by atoms with E-state index < -0.39 is 69.0 Å². The Hall–Kier alpha value is -3.94. The number of amides is 2. The first-order chi connectivity index (χ1) is 19.8. The highest BCUT2D eigenvalue weighted by atomic mass is 32.2. The number of hydrogen-bond donors (Lipinski definition) is 0. The summed E-state index contributed by atoms with van der Waals surface area (Å²) < 4.78 is 95.3. The third kappa shape index (κ3) is 6.38. The van der Waals surface area contributed by atoms with E-state index in [1.165, 1.54) is 56.3 Å². The van der Waals surface area contributed by atoms with Gasteiger partial charge in [-0.15, -0.1) is 0 Å². The van der Waals surface area contributed by atoms with Crippen LogP contribution in [0.5, 0.6) is 0 Å². The van der Waals surface area contributed by atoms with E-state index in [9.17, 15) is 45.1 Å². The Morgan fingerprint density at radius 1 is 0.907 bits per heavy atom. The lowest BCUT2D eigenvalue weighted by Crippen LogP contribution is -2.43. The Labute approximate surface area is 245 Å². The zero-order chi connectivity index (χ0) is 32.1. The van der Waals surface area contributed by atoms with Crippen LogP contribution in [0.4, 0.5) is 42.2 Å². The number of aryl methyl sites for hydroxylation is 1. The van der Waals surface area contributed by atoms with E-state index in [4.69, 9.17) is 0 Å². The van der Waals surface area contributed by atoms with E-state index in [0.717, 1.165) is 4.90 Å². The number of nitrogens with zero attached hydrogens (tertiary/aromatic N) is 3. The van der Waals surface area contributed by atoms with E-state index in [2.05, 4.69) is 4.98 Å². The molecule has 2 aromatic carbocycles. The summed E-state index contributed by atoms with van der Waals surface area (Å²) in [5, 5.41) is -0.468. The van der Waals surface area contributed by atoms with Gasteiger partial charge < -0.3 is 4.90 Å². The monoisotopic (exact) mass is 631 g/mol. The number of hydrogen-bond acceptors (Lipinski definition) is 4. The Morgan fingerprint density at radius 3 is 2.05 bits per heavy atom. The van der Waals surface area contributed by atoms with Gasteiger partial charge in [-0.1, -0.05) is 6.07 Å². The van der Waals surface area contributed by atoms with Crippen LogP contribution in [0.15, 0.2) is 48.7 Å². The first-order valence-electron chi connectivity index (χ1n) is 13.0. The molecule has 3 aromatic rings. The second-order valence-corrected chi connectivity index (χ2v) is 12.6. The fourth-order valence-corrected chi connectivity index (χ4v) is 6.14. The number of pyridine rings is 1.